The molecule has 0 bridgehead atoms. The third-order valence-corrected chi connectivity index (χ3v) is 4.57. The summed E-state index contributed by atoms with van der Waals surface area (Å²) in [5.41, 5.74) is 4.97. The zero-order chi connectivity index (χ0) is 16.8. The second kappa shape index (κ2) is 9.45. The first-order valence-corrected chi connectivity index (χ1v) is 8.17. The van der Waals surface area contributed by atoms with Crippen molar-refractivity contribution >= 4 is 41.7 Å². The minimum atomic E-state index is -0.728. The van der Waals surface area contributed by atoms with E-state index < -0.39 is 10.8 Å². The van der Waals surface area contributed by atoms with Gasteiger partial charge in [0.15, 0.2) is 0 Å². The van der Waals surface area contributed by atoms with E-state index in [-0.39, 0.29) is 41.4 Å². The van der Waals surface area contributed by atoms with Crippen LogP contribution in [0.4, 0.5) is 5.69 Å². The standard InChI is InChI=1S/C14H18N4O4S.ClH/c15-14(20)9-1-2-12(11(7-9)18(21)22)23-8-13(19)17-10-3-5-16-6-4-10;/h1-2,7,10,16H,3-6,8H2,(H2,15,20)(H,17,19);1H. The van der Waals surface area contributed by atoms with Gasteiger partial charge < -0.3 is 16.4 Å². The van der Waals surface area contributed by atoms with Gasteiger partial charge >= 0.3 is 0 Å². The lowest BCUT2D eigenvalue weighted by atomic mass is 10.1. The molecule has 8 nitrogen and oxygen atoms in total. The van der Waals surface area contributed by atoms with Gasteiger partial charge in [-0.05, 0) is 38.1 Å². The van der Waals surface area contributed by atoms with Crippen molar-refractivity contribution in [1.29, 1.82) is 0 Å². The molecule has 10 heteroatoms. The molecule has 1 aliphatic heterocycles. The number of nitro benzene ring substituents is 1. The lowest BCUT2D eigenvalue weighted by molar-refractivity contribution is -0.387. The molecule has 24 heavy (non-hydrogen) atoms. The largest absolute Gasteiger partial charge is 0.366 e. The molecule has 0 atom stereocenters. The van der Waals surface area contributed by atoms with E-state index in [1.165, 1.54) is 12.1 Å². The van der Waals surface area contributed by atoms with Gasteiger partial charge in [-0.2, -0.15) is 0 Å². The maximum absolute atomic E-state index is 11.9. The molecule has 1 aromatic rings. The van der Waals surface area contributed by atoms with E-state index in [1.807, 2.05) is 0 Å². The van der Waals surface area contributed by atoms with Crippen molar-refractivity contribution in [3.05, 3.63) is 33.9 Å². The van der Waals surface area contributed by atoms with Gasteiger partial charge in [0.1, 0.15) is 0 Å². The zero-order valence-electron chi connectivity index (χ0n) is 12.8. The average molecular weight is 375 g/mol. The van der Waals surface area contributed by atoms with Gasteiger partial charge in [0.05, 0.1) is 15.6 Å². The van der Waals surface area contributed by atoms with Crippen LogP contribution in [-0.2, 0) is 4.79 Å². The minimum Gasteiger partial charge on any atom is -0.366 e. The molecule has 1 heterocycles. The van der Waals surface area contributed by atoms with Crippen LogP contribution >= 0.6 is 24.2 Å². The molecule has 0 saturated carbocycles. The van der Waals surface area contributed by atoms with E-state index in [4.69, 9.17) is 5.73 Å². The van der Waals surface area contributed by atoms with E-state index in [1.54, 1.807) is 0 Å². The van der Waals surface area contributed by atoms with Gasteiger partial charge in [-0.25, -0.2) is 0 Å². The summed E-state index contributed by atoms with van der Waals surface area (Å²) < 4.78 is 0. The fourth-order valence-electron chi connectivity index (χ4n) is 2.31. The fraction of sp³-hybridized carbons (Fsp3) is 0.429. The van der Waals surface area contributed by atoms with E-state index in [0.29, 0.717) is 4.90 Å². The number of amides is 2. The Balaban J connectivity index is 0.00000288. The third-order valence-electron chi connectivity index (χ3n) is 3.50. The van der Waals surface area contributed by atoms with Gasteiger partial charge in [0.2, 0.25) is 11.8 Å². The first-order chi connectivity index (χ1) is 11.0. The topological polar surface area (TPSA) is 127 Å². The summed E-state index contributed by atoms with van der Waals surface area (Å²) in [6.07, 6.45) is 1.76. The number of carbonyl (C=O) groups excluding carboxylic acids is 2. The highest BCUT2D eigenvalue weighted by Crippen LogP contribution is 2.30. The Kier molecular flexibility index (Phi) is 7.96. The summed E-state index contributed by atoms with van der Waals surface area (Å²) in [4.78, 5) is 33.9. The molecule has 0 aliphatic carbocycles. The van der Waals surface area contributed by atoms with Crippen LogP contribution < -0.4 is 16.4 Å². The van der Waals surface area contributed by atoms with Gasteiger partial charge in [0.25, 0.3) is 5.69 Å². The van der Waals surface area contributed by atoms with Crippen LogP contribution in [0, 0.1) is 10.1 Å². The van der Waals surface area contributed by atoms with E-state index in [2.05, 4.69) is 10.6 Å². The van der Waals surface area contributed by atoms with E-state index in [9.17, 15) is 19.7 Å². The van der Waals surface area contributed by atoms with E-state index in [0.717, 1.165) is 43.8 Å². The summed E-state index contributed by atoms with van der Waals surface area (Å²) in [6, 6.07) is 4.15. The van der Waals surface area contributed by atoms with Crippen molar-refractivity contribution in [3.63, 3.8) is 0 Å². The number of hydrogen-bond acceptors (Lipinski definition) is 6. The third kappa shape index (κ3) is 5.66. The maximum Gasteiger partial charge on any atom is 0.283 e. The van der Waals surface area contributed by atoms with Crippen LogP contribution in [0.2, 0.25) is 0 Å². The molecule has 132 valence electrons. The van der Waals surface area contributed by atoms with Gasteiger partial charge in [-0.1, -0.05) is 0 Å². The molecule has 2 rings (SSSR count). The quantitative estimate of drug-likeness (QED) is 0.388. The minimum absolute atomic E-state index is 0. The number of nitro groups is 1. The zero-order valence-corrected chi connectivity index (χ0v) is 14.5. The van der Waals surface area contributed by atoms with Crippen LogP contribution in [-0.4, -0.2) is 41.6 Å². The molecule has 0 radical (unpaired) electrons. The molecule has 0 aromatic heterocycles. The summed E-state index contributed by atoms with van der Waals surface area (Å²) in [6.45, 7) is 1.75. The number of nitrogens with zero attached hydrogens (tertiary/aromatic N) is 1. The number of piperidine rings is 1. The highest BCUT2D eigenvalue weighted by Gasteiger charge is 2.19. The summed E-state index contributed by atoms with van der Waals surface area (Å²) in [5, 5.41) is 17.2. The molecule has 2 amide bonds. The Hall–Kier alpha value is -1.84. The monoisotopic (exact) mass is 374 g/mol. The highest BCUT2D eigenvalue weighted by molar-refractivity contribution is 8.00. The lowest BCUT2D eigenvalue weighted by Gasteiger charge is -2.23. The van der Waals surface area contributed by atoms with Gasteiger partial charge in [-0.3, -0.25) is 19.7 Å². The summed E-state index contributed by atoms with van der Waals surface area (Å²) >= 11 is 1.07. The number of benzene rings is 1. The summed E-state index contributed by atoms with van der Waals surface area (Å²) in [5.74, 6) is -0.802. The van der Waals surface area contributed by atoms with E-state index >= 15 is 0 Å². The fourth-order valence-corrected chi connectivity index (χ4v) is 3.13. The van der Waals surface area contributed by atoms with Crippen LogP contribution in [0.3, 0.4) is 0 Å². The Bertz CT molecular complexity index is 623. The Morgan fingerprint density at radius 1 is 1.38 bits per heavy atom. The molecule has 0 unspecified atom stereocenters. The van der Waals surface area contributed by atoms with Crippen molar-refractivity contribution in [2.24, 2.45) is 5.73 Å². The second-order valence-corrected chi connectivity index (χ2v) is 6.20. The number of rotatable bonds is 6. The molecule has 1 fully saturated rings. The van der Waals surface area contributed by atoms with Crippen molar-refractivity contribution < 1.29 is 14.5 Å². The number of nitrogens with one attached hydrogen (secondary N) is 2. The number of halogens is 1. The van der Waals surface area contributed by atoms with Crippen LogP contribution in [0.1, 0.15) is 23.2 Å². The number of hydrogen-bond donors (Lipinski definition) is 3. The Morgan fingerprint density at radius 2 is 2.04 bits per heavy atom. The predicted molar refractivity (Wildman–Crippen MR) is 93.6 cm³/mol. The van der Waals surface area contributed by atoms with Crippen molar-refractivity contribution in [1.82, 2.24) is 10.6 Å². The Morgan fingerprint density at radius 3 is 2.62 bits per heavy atom. The Labute approximate surface area is 149 Å². The molecule has 4 N–H and O–H groups in total. The predicted octanol–water partition coefficient (Wildman–Crippen LogP) is 1.08. The average Bonchev–Trinajstić information content (AvgIpc) is 2.53. The normalized spacial score (nSPS) is 14.5. The number of nitrogens with two attached hydrogens (primary N) is 1. The number of primary amides is 1. The van der Waals surface area contributed by atoms with Crippen LogP contribution in [0.25, 0.3) is 0 Å². The second-order valence-electron chi connectivity index (χ2n) is 5.18. The first-order valence-electron chi connectivity index (χ1n) is 7.18. The molecular formula is C14H19ClN4O4S. The molecule has 1 saturated heterocycles. The number of carbonyl (C=O) groups is 2. The van der Waals surface area contributed by atoms with Crippen molar-refractivity contribution in [3.8, 4) is 0 Å². The smallest absolute Gasteiger partial charge is 0.283 e. The lowest BCUT2D eigenvalue weighted by Crippen LogP contribution is -2.43. The first kappa shape index (κ1) is 20.2. The summed E-state index contributed by atoms with van der Waals surface area (Å²) in [7, 11) is 0. The SMILES string of the molecule is Cl.NC(=O)c1ccc(SCC(=O)NC2CCNCC2)c([N+](=O)[O-])c1. The molecule has 1 aromatic carbocycles. The highest BCUT2D eigenvalue weighted by atomic mass is 35.5. The maximum atomic E-state index is 11.9. The van der Waals surface area contributed by atoms with Gasteiger partial charge in [0, 0.05) is 17.7 Å². The molecular weight excluding hydrogens is 356 g/mol. The van der Waals surface area contributed by atoms with Crippen LogP contribution in [0.15, 0.2) is 23.1 Å². The van der Waals surface area contributed by atoms with Crippen molar-refractivity contribution in [2.75, 3.05) is 18.8 Å². The van der Waals surface area contributed by atoms with Crippen molar-refractivity contribution in [2.45, 2.75) is 23.8 Å². The molecule has 1 aliphatic rings. The molecule has 0 spiro atoms. The number of thioether (sulfide) groups is 1. The van der Waals surface area contributed by atoms with Crippen LogP contribution in [0.5, 0.6) is 0 Å². The van der Waals surface area contributed by atoms with Gasteiger partial charge in [-0.15, -0.1) is 24.2 Å².